The summed E-state index contributed by atoms with van der Waals surface area (Å²) in [5.74, 6) is -1.43. The van der Waals surface area contributed by atoms with E-state index in [1.807, 2.05) is 19.1 Å². The molecular formula is C16H13Br2N3O5. The predicted octanol–water partition coefficient (Wildman–Crippen LogP) is 3.81. The number of ether oxygens (including phenoxy) is 1. The summed E-state index contributed by atoms with van der Waals surface area (Å²) in [6.07, 6.45) is 0. The second-order valence-corrected chi connectivity index (χ2v) is 6.97. The number of nitrogens with one attached hydrogen (secondary N) is 1. The molecule has 0 saturated carbocycles. The van der Waals surface area contributed by atoms with E-state index in [9.17, 15) is 19.7 Å². The third-order valence-electron chi connectivity index (χ3n) is 3.25. The SMILES string of the molecule is Cc1cc(Br)c(NC(=O)COC(=O)c2ccc(N)c([N+](=O)[O-])c2)c(Br)c1. The van der Waals surface area contributed by atoms with Gasteiger partial charge in [-0.2, -0.15) is 0 Å². The molecule has 136 valence electrons. The molecular weight excluding hydrogens is 474 g/mol. The van der Waals surface area contributed by atoms with E-state index < -0.39 is 29.1 Å². The first kappa shape index (κ1) is 19.9. The summed E-state index contributed by atoms with van der Waals surface area (Å²) in [5, 5.41) is 13.5. The lowest BCUT2D eigenvalue weighted by Crippen LogP contribution is -2.21. The Morgan fingerprint density at radius 2 is 1.85 bits per heavy atom. The van der Waals surface area contributed by atoms with Gasteiger partial charge in [-0.3, -0.25) is 14.9 Å². The minimum Gasteiger partial charge on any atom is -0.452 e. The van der Waals surface area contributed by atoms with E-state index in [1.165, 1.54) is 12.1 Å². The van der Waals surface area contributed by atoms with Crippen LogP contribution in [-0.4, -0.2) is 23.4 Å². The van der Waals surface area contributed by atoms with E-state index >= 15 is 0 Å². The van der Waals surface area contributed by atoms with Crippen LogP contribution in [0.1, 0.15) is 15.9 Å². The fourth-order valence-electron chi connectivity index (χ4n) is 2.04. The van der Waals surface area contributed by atoms with Crippen LogP contribution in [0.4, 0.5) is 17.1 Å². The molecule has 0 heterocycles. The van der Waals surface area contributed by atoms with Crippen molar-refractivity contribution in [2.24, 2.45) is 0 Å². The van der Waals surface area contributed by atoms with E-state index in [-0.39, 0.29) is 11.3 Å². The van der Waals surface area contributed by atoms with Gasteiger partial charge in [0.2, 0.25) is 0 Å². The third-order valence-corrected chi connectivity index (χ3v) is 4.50. The van der Waals surface area contributed by atoms with Crippen LogP contribution < -0.4 is 11.1 Å². The summed E-state index contributed by atoms with van der Waals surface area (Å²) in [6.45, 7) is 1.35. The Balaban J connectivity index is 2.03. The van der Waals surface area contributed by atoms with Crippen LogP contribution in [0.25, 0.3) is 0 Å². The number of nitrogens with zero attached hydrogens (tertiary/aromatic N) is 1. The zero-order chi connectivity index (χ0) is 19.4. The number of hydrogen-bond acceptors (Lipinski definition) is 6. The average molecular weight is 487 g/mol. The van der Waals surface area contributed by atoms with Gasteiger partial charge in [0.15, 0.2) is 6.61 Å². The average Bonchev–Trinajstić information content (AvgIpc) is 2.56. The molecule has 0 radical (unpaired) electrons. The van der Waals surface area contributed by atoms with Crippen LogP contribution in [0.15, 0.2) is 39.3 Å². The van der Waals surface area contributed by atoms with Crippen LogP contribution in [0.3, 0.4) is 0 Å². The molecule has 26 heavy (non-hydrogen) atoms. The number of nitrogen functional groups attached to an aromatic ring is 1. The molecule has 2 rings (SSSR count). The number of hydrogen-bond donors (Lipinski definition) is 2. The van der Waals surface area contributed by atoms with Gasteiger partial charge in [0.25, 0.3) is 11.6 Å². The lowest BCUT2D eigenvalue weighted by molar-refractivity contribution is -0.383. The Morgan fingerprint density at radius 1 is 1.23 bits per heavy atom. The number of halogens is 2. The van der Waals surface area contributed by atoms with E-state index in [1.54, 1.807) is 0 Å². The first-order valence-corrected chi connectivity index (χ1v) is 8.74. The smallest absolute Gasteiger partial charge is 0.338 e. The highest BCUT2D eigenvalue weighted by atomic mass is 79.9. The molecule has 0 aromatic heterocycles. The maximum atomic E-state index is 12.0. The molecule has 0 fully saturated rings. The number of rotatable bonds is 5. The fourth-order valence-corrected chi connectivity index (χ4v) is 3.65. The number of amides is 1. The highest BCUT2D eigenvalue weighted by Gasteiger charge is 2.18. The van der Waals surface area contributed by atoms with Crippen LogP contribution in [0.5, 0.6) is 0 Å². The fraction of sp³-hybridized carbons (Fsp3) is 0.125. The van der Waals surface area contributed by atoms with Crippen LogP contribution in [0, 0.1) is 17.0 Å². The summed E-state index contributed by atoms with van der Waals surface area (Å²) in [6, 6.07) is 7.16. The van der Waals surface area contributed by atoms with Crippen molar-refractivity contribution in [2.45, 2.75) is 6.92 Å². The minimum absolute atomic E-state index is 0.0710. The molecule has 0 aliphatic heterocycles. The lowest BCUT2D eigenvalue weighted by atomic mass is 10.2. The number of nitrogens with two attached hydrogens (primary N) is 1. The minimum atomic E-state index is -0.870. The zero-order valence-electron chi connectivity index (χ0n) is 13.4. The van der Waals surface area contributed by atoms with Crippen LogP contribution >= 0.6 is 31.9 Å². The van der Waals surface area contributed by atoms with Crippen LogP contribution in [0.2, 0.25) is 0 Å². The molecule has 2 aromatic rings. The van der Waals surface area contributed by atoms with Crippen molar-refractivity contribution < 1.29 is 19.2 Å². The van der Waals surface area contributed by atoms with E-state index in [2.05, 4.69) is 37.2 Å². The molecule has 8 nitrogen and oxygen atoms in total. The van der Waals surface area contributed by atoms with Crippen molar-refractivity contribution in [3.63, 3.8) is 0 Å². The lowest BCUT2D eigenvalue weighted by Gasteiger charge is -2.11. The van der Waals surface area contributed by atoms with Crippen LogP contribution in [-0.2, 0) is 9.53 Å². The number of anilines is 2. The second kappa shape index (κ2) is 8.28. The van der Waals surface area contributed by atoms with Gasteiger partial charge in [0.1, 0.15) is 5.69 Å². The second-order valence-electron chi connectivity index (χ2n) is 5.26. The monoisotopic (exact) mass is 485 g/mol. The van der Waals surface area contributed by atoms with E-state index in [0.29, 0.717) is 14.6 Å². The van der Waals surface area contributed by atoms with E-state index in [0.717, 1.165) is 11.6 Å². The van der Waals surface area contributed by atoms with Crippen molar-refractivity contribution >= 4 is 60.8 Å². The first-order valence-electron chi connectivity index (χ1n) is 7.15. The summed E-state index contributed by atoms with van der Waals surface area (Å²) in [7, 11) is 0. The molecule has 1 amide bonds. The summed E-state index contributed by atoms with van der Waals surface area (Å²) in [4.78, 5) is 34.1. The van der Waals surface area contributed by atoms with Crippen molar-refractivity contribution in [1.29, 1.82) is 0 Å². The number of nitro benzene ring substituents is 1. The van der Waals surface area contributed by atoms with Crippen molar-refractivity contribution in [1.82, 2.24) is 0 Å². The molecule has 0 aliphatic rings. The Kier molecular flexibility index (Phi) is 6.32. The van der Waals surface area contributed by atoms with Crippen molar-refractivity contribution in [3.8, 4) is 0 Å². The number of aryl methyl sites for hydroxylation is 1. The van der Waals surface area contributed by atoms with Gasteiger partial charge in [0, 0.05) is 15.0 Å². The van der Waals surface area contributed by atoms with Crippen molar-refractivity contribution in [2.75, 3.05) is 17.7 Å². The number of carbonyl (C=O) groups is 2. The third kappa shape index (κ3) is 4.79. The maximum Gasteiger partial charge on any atom is 0.338 e. The Hall–Kier alpha value is -2.46. The van der Waals surface area contributed by atoms with Gasteiger partial charge in [-0.15, -0.1) is 0 Å². The van der Waals surface area contributed by atoms with Gasteiger partial charge in [0.05, 0.1) is 16.2 Å². The number of nitro groups is 1. The number of carbonyl (C=O) groups excluding carboxylic acids is 2. The van der Waals surface area contributed by atoms with Gasteiger partial charge < -0.3 is 15.8 Å². The molecule has 3 N–H and O–H groups in total. The zero-order valence-corrected chi connectivity index (χ0v) is 16.6. The maximum absolute atomic E-state index is 12.0. The topological polar surface area (TPSA) is 125 Å². The molecule has 0 atom stereocenters. The normalized spacial score (nSPS) is 10.3. The number of esters is 1. The number of benzene rings is 2. The Labute approximate surface area is 165 Å². The predicted molar refractivity (Wildman–Crippen MR) is 103 cm³/mol. The van der Waals surface area contributed by atoms with Gasteiger partial charge >= 0.3 is 5.97 Å². The van der Waals surface area contributed by atoms with Gasteiger partial charge in [-0.1, -0.05) is 0 Å². The van der Waals surface area contributed by atoms with Gasteiger partial charge in [-0.05, 0) is 68.6 Å². The summed E-state index contributed by atoms with van der Waals surface area (Å²) in [5.41, 5.74) is 6.41. The quantitative estimate of drug-likeness (QED) is 0.286. The summed E-state index contributed by atoms with van der Waals surface area (Å²) >= 11 is 6.69. The molecule has 0 spiro atoms. The van der Waals surface area contributed by atoms with Gasteiger partial charge in [-0.25, -0.2) is 4.79 Å². The Bertz CT molecular complexity index is 878. The standard InChI is InChI=1S/C16H13Br2N3O5/c1-8-4-10(17)15(11(18)5-8)20-14(22)7-26-16(23)9-2-3-12(19)13(6-9)21(24)25/h2-6H,7,19H2,1H3,(H,20,22). The van der Waals surface area contributed by atoms with E-state index in [4.69, 9.17) is 10.5 Å². The summed E-state index contributed by atoms with van der Waals surface area (Å²) < 4.78 is 6.23. The van der Waals surface area contributed by atoms with Crippen molar-refractivity contribution in [3.05, 3.63) is 60.5 Å². The molecule has 2 aromatic carbocycles. The molecule has 10 heteroatoms. The molecule has 0 saturated heterocycles. The molecule has 0 unspecified atom stereocenters. The Morgan fingerprint density at radius 3 is 2.42 bits per heavy atom. The molecule has 0 bridgehead atoms. The highest BCUT2D eigenvalue weighted by Crippen LogP contribution is 2.32. The highest BCUT2D eigenvalue weighted by molar-refractivity contribution is 9.11. The largest absolute Gasteiger partial charge is 0.452 e. The molecule has 0 aliphatic carbocycles. The first-order chi connectivity index (χ1) is 12.2.